The zero-order chi connectivity index (χ0) is 16.7. The lowest BCUT2D eigenvalue weighted by molar-refractivity contribution is 0.0960. The fraction of sp³-hybridized carbons (Fsp3) is 0.222. The quantitative estimate of drug-likeness (QED) is 0.679. The molecule has 0 aliphatic carbocycles. The van der Waals surface area contributed by atoms with Gasteiger partial charge < -0.3 is 4.74 Å². The standard InChI is InChI=1S/C18H19ClN2O2/c1-13(2)23-18(20-12-14-8-4-3-5-9-14)21-17(22)15-10-6-7-11-16(15)19/h3-11,13H,12H2,1-2H3,(H,20,21,22). The molecule has 0 fully saturated rings. The van der Waals surface area contributed by atoms with Crippen molar-refractivity contribution >= 4 is 23.5 Å². The highest BCUT2D eigenvalue weighted by atomic mass is 35.5. The van der Waals surface area contributed by atoms with E-state index in [9.17, 15) is 4.79 Å². The number of nitrogens with zero attached hydrogens (tertiary/aromatic N) is 1. The summed E-state index contributed by atoms with van der Waals surface area (Å²) >= 11 is 6.04. The highest BCUT2D eigenvalue weighted by Gasteiger charge is 2.13. The van der Waals surface area contributed by atoms with Gasteiger partial charge in [0.15, 0.2) is 0 Å². The van der Waals surface area contributed by atoms with Crippen molar-refractivity contribution in [2.75, 3.05) is 0 Å². The number of aliphatic imine (C=N–C) groups is 1. The summed E-state index contributed by atoms with van der Waals surface area (Å²) in [5, 5.41) is 3.07. The zero-order valence-electron chi connectivity index (χ0n) is 13.1. The molecule has 0 saturated carbocycles. The molecule has 2 aromatic rings. The van der Waals surface area contributed by atoms with Crippen LogP contribution < -0.4 is 5.32 Å². The number of nitrogens with one attached hydrogen (secondary N) is 1. The minimum Gasteiger partial charge on any atom is -0.462 e. The Morgan fingerprint density at radius 1 is 1.13 bits per heavy atom. The molecule has 0 atom stereocenters. The summed E-state index contributed by atoms with van der Waals surface area (Å²) in [6.45, 7) is 4.17. The van der Waals surface area contributed by atoms with Crippen LogP contribution in [0.1, 0.15) is 29.8 Å². The first-order valence-electron chi connectivity index (χ1n) is 7.37. The van der Waals surface area contributed by atoms with Gasteiger partial charge in [-0.3, -0.25) is 10.1 Å². The number of hydrogen-bond donors (Lipinski definition) is 1. The summed E-state index contributed by atoms with van der Waals surface area (Å²) < 4.78 is 5.58. The lowest BCUT2D eigenvalue weighted by Crippen LogP contribution is -2.34. The highest BCUT2D eigenvalue weighted by Crippen LogP contribution is 2.14. The Balaban J connectivity index is 2.12. The molecule has 0 aliphatic rings. The number of amidine groups is 1. The Bertz CT molecular complexity index is 684. The Labute approximate surface area is 141 Å². The van der Waals surface area contributed by atoms with E-state index in [4.69, 9.17) is 16.3 Å². The van der Waals surface area contributed by atoms with Crippen LogP contribution in [0.2, 0.25) is 5.02 Å². The molecular formula is C18H19ClN2O2. The fourth-order valence-electron chi connectivity index (χ4n) is 1.89. The molecule has 0 aliphatic heterocycles. The molecule has 0 unspecified atom stereocenters. The van der Waals surface area contributed by atoms with E-state index in [1.165, 1.54) is 0 Å². The molecule has 2 aromatic carbocycles. The predicted octanol–water partition coefficient (Wildman–Crippen LogP) is 4.05. The van der Waals surface area contributed by atoms with Crippen molar-refractivity contribution in [2.45, 2.75) is 26.5 Å². The number of carbonyl (C=O) groups is 1. The lowest BCUT2D eigenvalue weighted by Gasteiger charge is -2.14. The monoisotopic (exact) mass is 330 g/mol. The number of hydrogen-bond acceptors (Lipinski definition) is 3. The van der Waals surface area contributed by atoms with Crippen LogP contribution in [-0.4, -0.2) is 18.0 Å². The molecule has 1 amide bonds. The molecular weight excluding hydrogens is 312 g/mol. The summed E-state index contributed by atoms with van der Waals surface area (Å²) in [5.74, 6) is -0.344. The smallest absolute Gasteiger partial charge is 0.292 e. The van der Waals surface area contributed by atoms with Gasteiger partial charge in [-0.15, -0.1) is 0 Å². The third-order valence-corrected chi connectivity index (χ3v) is 3.26. The molecule has 0 saturated heterocycles. The van der Waals surface area contributed by atoms with Crippen LogP contribution >= 0.6 is 11.6 Å². The topological polar surface area (TPSA) is 50.7 Å². The van der Waals surface area contributed by atoms with Crippen molar-refractivity contribution in [1.82, 2.24) is 5.32 Å². The Morgan fingerprint density at radius 3 is 2.43 bits per heavy atom. The minimum absolute atomic E-state index is 0.101. The van der Waals surface area contributed by atoms with E-state index in [2.05, 4.69) is 10.3 Å². The second-order valence-electron chi connectivity index (χ2n) is 5.21. The first-order valence-corrected chi connectivity index (χ1v) is 7.75. The van der Waals surface area contributed by atoms with Gasteiger partial charge in [-0.1, -0.05) is 54.1 Å². The first kappa shape index (κ1) is 17.0. The van der Waals surface area contributed by atoms with Crippen LogP contribution in [-0.2, 0) is 11.3 Å². The number of halogens is 1. The molecule has 5 heteroatoms. The average Bonchev–Trinajstić information content (AvgIpc) is 2.53. The maximum Gasteiger partial charge on any atom is 0.292 e. The van der Waals surface area contributed by atoms with Gasteiger partial charge in [0, 0.05) is 0 Å². The second kappa shape index (κ2) is 8.34. The lowest BCUT2D eigenvalue weighted by atomic mass is 10.2. The normalized spacial score (nSPS) is 11.4. The van der Waals surface area contributed by atoms with Crippen molar-refractivity contribution in [3.63, 3.8) is 0 Å². The summed E-state index contributed by atoms with van der Waals surface area (Å²) in [5.41, 5.74) is 1.42. The molecule has 23 heavy (non-hydrogen) atoms. The van der Waals surface area contributed by atoms with Gasteiger partial charge in [-0.2, -0.15) is 0 Å². The maximum atomic E-state index is 12.3. The molecule has 0 spiro atoms. The van der Waals surface area contributed by atoms with Crippen LogP contribution in [0.4, 0.5) is 0 Å². The molecule has 0 aromatic heterocycles. The van der Waals surface area contributed by atoms with Gasteiger partial charge in [-0.05, 0) is 31.5 Å². The predicted molar refractivity (Wildman–Crippen MR) is 92.7 cm³/mol. The summed E-state index contributed by atoms with van der Waals surface area (Å²) in [7, 11) is 0. The fourth-order valence-corrected chi connectivity index (χ4v) is 2.11. The van der Waals surface area contributed by atoms with E-state index >= 15 is 0 Å². The number of carbonyl (C=O) groups excluding carboxylic acids is 1. The number of benzene rings is 2. The van der Waals surface area contributed by atoms with Crippen LogP contribution in [0.3, 0.4) is 0 Å². The van der Waals surface area contributed by atoms with Gasteiger partial charge in [0.25, 0.3) is 11.9 Å². The minimum atomic E-state index is -0.344. The van der Waals surface area contributed by atoms with Gasteiger partial charge in [0.05, 0.1) is 23.2 Å². The summed E-state index contributed by atoms with van der Waals surface area (Å²) in [6.07, 6.45) is -0.101. The summed E-state index contributed by atoms with van der Waals surface area (Å²) in [6, 6.07) is 16.8. The van der Waals surface area contributed by atoms with Gasteiger partial charge >= 0.3 is 0 Å². The van der Waals surface area contributed by atoms with Crippen LogP contribution in [0.15, 0.2) is 59.6 Å². The van der Waals surface area contributed by atoms with Crippen molar-refractivity contribution in [3.8, 4) is 0 Å². The van der Waals surface area contributed by atoms with Crippen molar-refractivity contribution < 1.29 is 9.53 Å². The van der Waals surface area contributed by atoms with Crippen LogP contribution in [0.25, 0.3) is 0 Å². The third-order valence-electron chi connectivity index (χ3n) is 2.93. The number of amides is 1. The van der Waals surface area contributed by atoms with Crippen molar-refractivity contribution in [2.24, 2.45) is 4.99 Å². The van der Waals surface area contributed by atoms with Gasteiger partial charge in [0.1, 0.15) is 0 Å². The second-order valence-corrected chi connectivity index (χ2v) is 5.61. The molecule has 0 bridgehead atoms. The maximum absolute atomic E-state index is 12.3. The molecule has 0 radical (unpaired) electrons. The number of rotatable bonds is 4. The Kier molecular flexibility index (Phi) is 6.18. The molecule has 120 valence electrons. The Hall–Kier alpha value is -2.33. The third kappa shape index (κ3) is 5.42. The van der Waals surface area contributed by atoms with Gasteiger partial charge in [-0.25, -0.2) is 4.99 Å². The van der Waals surface area contributed by atoms with E-state index < -0.39 is 0 Å². The van der Waals surface area contributed by atoms with Crippen molar-refractivity contribution in [3.05, 3.63) is 70.7 Å². The zero-order valence-corrected chi connectivity index (χ0v) is 13.9. The van der Waals surface area contributed by atoms with Crippen molar-refractivity contribution in [1.29, 1.82) is 0 Å². The van der Waals surface area contributed by atoms with E-state index in [1.807, 2.05) is 44.2 Å². The molecule has 1 N–H and O–H groups in total. The highest BCUT2D eigenvalue weighted by molar-refractivity contribution is 6.34. The van der Waals surface area contributed by atoms with Crippen LogP contribution in [0.5, 0.6) is 0 Å². The largest absolute Gasteiger partial charge is 0.462 e. The average molecular weight is 331 g/mol. The first-order chi connectivity index (χ1) is 11.1. The van der Waals surface area contributed by atoms with E-state index in [0.29, 0.717) is 17.1 Å². The van der Waals surface area contributed by atoms with E-state index in [1.54, 1.807) is 24.3 Å². The van der Waals surface area contributed by atoms with Crippen LogP contribution in [0, 0.1) is 0 Å². The molecule has 4 nitrogen and oxygen atoms in total. The van der Waals surface area contributed by atoms with E-state index in [-0.39, 0.29) is 18.0 Å². The molecule has 0 heterocycles. The summed E-state index contributed by atoms with van der Waals surface area (Å²) in [4.78, 5) is 16.7. The molecule has 2 rings (SSSR count). The van der Waals surface area contributed by atoms with E-state index in [0.717, 1.165) is 5.56 Å². The Morgan fingerprint density at radius 2 is 1.78 bits per heavy atom. The van der Waals surface area contributed by atoms with Gasteiger partial charge in [0.2, 0.25) is 0 Å². The number of ether oxygens (including phenoxy) is 1. The SMILES string of the molecule is CC(C)OC(=NCc1ccccc1)NC(=O)c1ccccc1Cl.